The Morgan fingerprint density at radius 2 is 1.33 bits per heavy atom. The molecule has 0 amide bonds. The molecule has 1 aliphatic heterocycles. The number of para-hydroxylation sites is 1. The Morgan fingerprint density at radius 1 is 0.590 bits per heavy atom. The Morgan fingerprint density at radius 3 is 2.28 bits per heavy atom. The molecule has 1 N–H and O–H groups in total. The van der Waals surface area contributed by atoms with Crippen LogP contribution in [0.5, 0.6) is 0 Å². The van der Waals surface area contributed by atoms with E-state index in [2.05, 4.69) is 119 Å². The molecule has 4 aromatic carbocycles. The summed E-state index contributed by atoms with van der Waals surface area (Å²) < 4.78 is 2.27. The quantitative estimate of drug-likeness (QED) is 0.249. The highest BCUT2D eigenvalue weighted by atomic mass is 15.1. The third-order valence-electron chi connectivity index (χ3n) is 7.67. The Labute approximate surface area is 225 Å². The molecule has 0 saturated heterocycles. The van der Waals surface area contributed by atoms with Crippen LogP contribution in [0.1, 0.15) is 11.3 Å². The first-order chi connectivity index (χ1) is 19.3. The van der Waals surface area contributed by atoms with Crippen LogP contribution in [-0.4, -0.2) is 14.5 Å². The van der Waals surface area contributed by atoms with Crippen molar-refractivity contribution >= 4 is 38.5 Å². The molecule has 3 aromatic heterocycles. The summed E-state index contributed by atoms with van der Waals surface area (Å²) in [7, 11) is 0. The number of hydrogen-bond donors (Lipinski definition) is 1. The average molecular weight is 501 g/mol. The number of aromatic nitrogens is 3. The molecule has 4 heteroatoms. The molecule has 7 aromatic rings. The predicted molar refractivity (Wildman–Crippen MR) is 161 cm³/mol. The summed E-state index contributed by atoms with van der Waals surface area (Å²) in [6, 6.07) is 40.4. The minimum atomic E-state index is 0.761. The number of pyridine rings is 2. The molecule has 184 valence electrons. The summed E-state index contributed by atoms with van der Waals surface area (Å²) in [5, 5.41) is 9.60. The second-order valence-electron chi connectivity index (χ2n) is 9.94. The van der Waals surface area contributed by atoms with Crippen LogP contribution in [0.25, 0.3) is 67.0 Å². The Kier molecular flexibility index (Phi) is 4.85. The zero-order valence-electron chi connectivity index (χ0n) is 21.2. The number of nitrogens with one attached hydrogen (secondary N) is 1. The fourth-order valence-electron chi connectivity index (χ4n) is 5.84. The van der Waals surface area contributed by atoms with Gasteiger partial charge in [0.05, 0.1) is 34.8 Å². The highest BCUT2D eigenvalue weighted by Crippen LogP contribution is 2.33. The topological polar surface area (TPSA) is 42.7 Å². The van der Waals surface area contributed by atoms with Crippen LogP contribution in [-0.2, 0) is 6.54 Å². The number of benzene rings is 4. The fourth-order valence-corrected chi connectivity index (χ4v) is 5.84. The predicted octanol–water partition coefficient (Wildman–Crippen LogP) is 8.13. The molecule has 0 saturated carbocycles. The molecule has 0 atom stereocenters. The summed E-state index contributed by atoms with van der Waals surface area (Å²) in [6.45, 7) is 0.761. The molecular weight excluding hydrogens is 476 g/mol. The molecule has 4 heterocycles. The first-order valence-electron chi connectivity index (χ1n) is 13.2. The first-order valence-corrected chi connectivity index (χ1v) is 13.2. The maximum Gasteiger partial charge on any atom is 0.138 e. The molecule has 39 heavy (non-hydrogen) atoms. The SMILES string of the molecule is C1=Cc2c(n(-c3cccc(-c4cccc(-c5ccc6c(ccc7ccccc76)c5)n4)n3)c3ccccc23)CN1. The van der Waals surface area contributed by atoms with E-state index in [-0.39, 0.29) is 0 Å². The van der Waals surface area contributed by atoms with E-state index >= 15 is 0 Å². The fraction of sp³-hybridized carbons (Fsp3) is 0.0286. The van der Waals surface area contributed by atoms with E-state index in [9.17, 15) is 0 Å². The van der Waals surface area contributed by atoms with E-state index in [4.69, 9.17) is 9.97 Å². The first kappa shape index (κ1) is 21.8. The van der Waals surface area contributed by atoms with Gasteiger partial charge in [0, 0.05) is 16.5 Å². The van der Waals surface area contributed by atoms with E-state index < -0.39 is 0 Å². The van der Waals surface area contributed by atoms with Crippen molar-refractivity contribution in [1.29, 1.82) is 0 Å². The van der Waals surface area contributed by atoms with Crippen molar-refractivity contribution in [2.45, 2.75) is 6.54 Å². The van der Waals surface area contributed by atoms with Gasteiger partial charge in [0.25, 0.3) is 0 Å². The largest absolute Gasteiger partial charge is 0.385 e. The molecule has 4 nitrogen and oxygen atoms in total. The highest BCUT2D eigenvalue weighted by Gasteiger charge is 2.19. The van der Waals surface area contributed by atoms with Crippen molar-refractivity contribution < 1.29 is 0 Å². The minimum absolute atomic E-state index is 0.761. The van der Waals surface area contributed by atoms with Crippen molar-refractivity contribution in [1.82, 2.24) is 19.9 Å². The van der Waals surface area contributed by atoms with E-state index in [0.717, 1.165) is 40.5 Å². The molecule has 1 aliphatic rings. The standard InChI is InChI=1S/C35H24N4/c1-2-8-26-23(7-1)15-16-24-21-25(17-18-27(24)26)30-10-5-11-31(37-30)32-12-6-14-35(38-32)39-33-13-4-3-9-28(33)29-19-20-36-22-34(29)39/h1-21,36H,22H2. The van der Waals surface area contributed by atoms with Crippen LogP contribution < -0.4 is 5.32 Å². The maximum absolute atomic E-state index is 5.11. The van der Waals surface area contributed by atoms with Crippen molar-refractivity contribution in [2.24, 2.45) is 0 Å². The minimum Gasteiger partial charge on any atom is -0.385 e. The lowest BCUT2D eigenvalue weighted by molar-refractivity contribution is 0.795. The summed E-state index contributed by atoms with van der Waals surface area (Å²) in [4.78, 5) is 10.2. The van der Waals surface area contributed by atoms with Crippen LogP contribution in [0.2, 0.25) is 0 Å². The van der Waals surface area contributed by atoms with Crippen LogP contribution in [0, 0.1) is 0 Å². The Balaban J connectivity index is 1.22. The van der Waals surface area contributed by atoms with Crippen LogP contribution in [0.15, 0.2) is 121 Å². The Hall–Kier alpha value is -5.22. The van der Waals surface area contributed by atoms with Gasteiger partial charge in [-0.25, -0.2) is 9.97 Å². The van der Waals surface area contributed by atoms with Gasteiger partial charge in [0.2, 0.25) is 0 Å². The summed E-state index contributed by atoms with van der Waals surface area (Å²) in [6.07, 6.45) is 4.17. The van der Waals surface area contributed by atoms with Crippen LogP contribution in [0.3, 0.4) is 0 Å². The van der Waals surface area contributed by atoms with E-state index in [1.807, 2.05) is 18.3 Å². The second kappa shape index (κ2) is 8.67. The van der Waals surface area contributed by atoms with E-state index in [1.54, 1.807) is 0 Å². The lowest BCUT2D eigenvalue weighted by Gasteiger charge is -2.14. The monoisotopic (exact) mass is 500 g/mol. The summed E-state index contributed by atoms with van der Waals surface area (Å²) >= 11 is 0. The van der Waals surface area contributed by atoms with Gasteiger partial charge in [0.15, 0.2) is 0 Å². The lowest BCUT2D eigenvalue weighted by atomic mass is 9.99. The Bertz CT molecular complexity index is 2080. The van der Waals surface area contributed by atoms with Gasteiger partial charge in [-0.05, 0) is 70.2 Å². The third kappa shape index (κ3) is 3.53. The molecular formula is C35H24N4. The molecule has 0 fully saturated rings. The van der Waals surface area contributed by atoms with Gasteiger partial charge in [0.1, 0.15) is 5.82 Å². The molecule has 8 rings (SSSR count). The van der Waals surface area contributed by atoms with E-state index in [1.165, 1.54) is 38.2 Å². The number of hydrogen-bond acceptors (Lipinski definition) is 3. The molecule has 0 aliphatic carbocycles. The van der Waals surface area contributed by atoms with Gasteiger partial charge < -0.3 is 5.32 Å². The number of nitrogens with zero attached hydrogens (tertiary/aromatic N) is 3. The summed E-state index contributed by atoms with van der Waals surface area (Å²) in [5.74, 6) is 0.895. The lowest BCUT2D eigenvalue weighted by Crippen LogP contribution is -2.14. The molecule has 0 radical (unpaired) electrons. The van der Waals surface area contributed by atoms with Crippen LogP contribution in [0.4, 0.5) is 0 Å². The molecule has 0 spiro atoms. The number of rotatable bonds is 3. The molecule has 0 bridgehead atoms. The normalized spacial score (nSPS) is 12.6. The third-order valence-corrected chi connectivity index (χ3v) is 7.67. The van der Waals surface area contributed by atoms with Gasteiger partial charge in [-0.1, -0.05) is 78.9 Å². The van der Waals surface area contributed by atoms with Gasteiger partial charge in [-0.2, -0.15) is 0 Å². The maximum atomic E-state index is 5.11. The number of fused-ring (bicyclic) bond motifs is 6. The van der Waals surface area contributed by atoms with Crippen molar-refractivity contribution in [3.8, 4) is 28.5 Å². The van der Waals surface area contributed by atoms with Gasteiger partial charge in [-0.3, -0.25) is 4.57 Å². The molecule has 0 unspecified atom stereocenters. The highest BCUT2D eigenvalue weighted by molar-refractivity contribution is 6.08. The van der Waals surface area contributed by atoms with Gasteiger partial charge >= 0.3 is 0 Å². The van der Waals surface area contributed by atoms with Crippen molar-refractivity contribution in [2.75, 3.05) is 0 Å². The average Bonchev–Trinajstić information content (AvgIpc) is 3.35. The summed E-state index contributed by atoms with van der Waals surface area (Å²) in [5.41, 5.74) is 7.37. The second-order valence-corrected chi connectivity index (χ2v) is 9.94. The zero-order valence-corrected chi connectivity index (χ0v) is 21.2. The van der Waals surface area contributed by atoms with E-state index in [0.29, 0.717) is 0 Å². The van der Waals surface area contributed by atoms with Crippen molar-refractivity contribution in [3.05, 3.63) is 133 Å². The van der Waals surface area contributed by atoms with Gasteiger partial charge in [-0.15, -0.1) is 0 Å². The van der Waals surface area contributed by atoms with Crippen LogP contribution >= 0.6 is 0 Å². The zero-order chi connectivity index (χ0) is 25.8. The smallest absolute Gasteiger partial charge is 0.138 e. The van der Waals surface area contributed by atoms with Crippen molar-refractivity contribution in [3.63, 3.8) is 0 Å².